The molecule has 0 aromatic carbocycles. The molecular formula is C15H13BrClN5O2. The van der Waals surface area contributed by atoms with E-state index in [1.807, 2.05) is 19.0 Å². The van der Waals surface area contributed by atoms with Crippen molar-refractivity contribution in [1.29, 1.82) is 0 Å². The van der Waals surface area contributed by atoms with Gasteiger partial charge in [-0.25, -0.2) is 9.78 Å². The van der Waals surface area contributed by atoms with Gasteiger partial charge in [-0.3, -0.25) is 4.98 Å². The van der Waals surface area contributed by atoms with Crippen LogP contribution in [0.3, 0.4) is 0 Å². The minimum atomic E-state index is -0.511. The first-order valence-electron chi connectivity index (χ1n) is 6.88. The average Bonchev–Trinajstić information content (AvgIpc) is 2.96. The Hall–Kier alpha value is -2.19. The van der Waals surface area contributed by atoms with Crippen molar-refractivity contribution in [3.8, 4) is 11.4 Å². The second-order valence-corrected chi connectivity index (χ2v) is 6.49. The highest BCUT2D eigenvalue weighted by atomic mass is 79.9. The van der Waals surface area contributed by atoms with Crippen LogP contribution >= 0.6 is 27.5 Å². The lowest BCUT2D eigenvalue weighted by Crippen LogP contribution is -2.16. The predicted molar refractivity (Wildman–Crippen MR) is 94.6 cm³/mol. The van der Waals surface area contributed by atoms with Crippen LogP contribution in [0.1, 0.15) is 10.5 Å². The molecule has 3 heterocycles. The number of fused-ring (bicyclic) bond motifs is 1. The first-order chi connectivity index (χ1) is 11.4. The molecule has 9 heteroatoms. The van der Waals surface area contributed by atoms with Crippen molar-refractivity contribution in [3.63, 3.8) is 0 Å². The summed E-state index contributed by atoms with van der Waals surface area (Å²) in [6.45, 7) is 0. The van der Waals surface area contributed by atoms with Crippen molar-refractivity contribution in [2.24, 2.45) is 0 Å². The van der Waals surface area contributed by atoms with E-state index in [1.165, 1.54) is 7.11 Å². The van der Waals surface area contributed by atoms with Gasteiger partial charge in [0.05, 0.1) is 12.1 Å². The molecule has 0 aliphatic rings. The highest BCUT2D eigenvalue weighted by Crippen LogP contribution is 2.29. The lowest BCUT2D eigenvalue weighted by Gasteiger charge is -2.14. The maximum absolute atomic E-state index is 11.8. The van der Waals surface area contributed by atoms with Crippen molar-refractivity contribution < 1.29 is 9.53 Å². The topological polar surface area (TPSA) is 72.6 Å². The molecule has 24 heavy (non-hydrogen) atoms. The summed E-state index contributed by atoms with van der Waals surface area (Å²) < 4.78 is 7.16. The molecule has 0 saturated heterocycles. The first kappa shape index (κ1) is 16.7. The molecule has 3 aromatic heterocycles. The molecule has 0 atom stereocenters. The van der Waals surface area contributed by atoms with Crippen molar-refractivity contribution in [3.05, 3.63) is 39.6 Å². The minimum absolute atomic E-state index is 0.204. The van der Waals surface area contributed by atoms with Crippen molar-refractivity contribution in [2.45, 2.75) is 0 Å². The van der Waals surface area contributed by atoms with E-state index in [4.69, 9.17) is 16.3 Å². The molecule has 0 unspecified atom stereocenters. The molecule has 0 fully saturated rings. The van der Waals surface area contributed by atoms with Crippen LogP contribution in [0.25, 0.3) is 17.0 Å². The third kappa shape index (κ3) is 2.94. The van der Waals surface area contributed by atoms with Gasteiger partial charge in [0.1, 0.15) is 17.2 Å². The molecule has 0 bridgehead atoms. The van der Waals surface area contributed by atoms with Crippen LogP contribution < -0.4 is 4.90 Å². The lowest BCUT2D eigenvalue weighted by atomic mass is 10.3. The summed E-state index contributed by atoms with van der Waals surface area (Å²) in [6.07, 6.45) is 1.64. The van der Waals surface area contributed by atoms with Crippen LogP contribution in [0, 0.1) is 0 Å². The standard InChI is InChI=1S/C15H13BrClN5O2/c1-21(2)13-6-11(15(23)24-3)19-12-5-10(20-22(12)13)14-9(17)4-8(16)7-18-14/h4-7H,1-3H3. The van der Waals surface area contributed by atoms with Crippen LogP contribution in [0.2, 0.25) is 5.02 Å². The van der Waals surface area contributed by atoms with Gasteiger partial charge in [-0.15, -0.1) is 0 Å². The normalized spacial score (nSPS) is 10.9. The van der Waals surface area contributed by atoms with Gasteiger partial charge in [-0.05, 0) is 22.0 Å². The Morgan fingerprint density at radius 2 is 2.08 bits per heavy atom. The lowest BCUT2D eigenvalue weighted by molar-refractivity contribution is 0.0594. The number of rotatable bonds is 3. The Morgan fingerprint density at radius 1 is 1.33 bits per heavy atom. The molecule has 0 radical (unpaired) electrons. The van der Waals surface area contributed by atoms with E-state index < -0.39 is 5.97 Å². The smallest absolute Gasteiger partial charge is 0.356 e. The van der Waals surface area contributed by atoms with Gasteiger partial charge >= 0.3 is 5.97 Å². The Labute approximate surface area is 151 Å². The van der Waals surface area contributed by atoms with E-state index in [9.17, 15) is 4.79 Å². The third-order valence-corrected chi connectivity index (χ3v) is 4.03. The maximum atomic E-state index is 11.8. The van der Waals surface area contributed by atoms with Crippen LogP contribution in [0.15, 0.2) is 28.9 Å². The summed E-state index contributed by atoms with van der Waals surface area (Å²) in [7, 11) is 5.01. The number of hydrogen-bond donors (Lipinski definition) is 0. The summed E-state index contributed by atoms with van der Waals surface area (Å²) >= 11 is 9.58. The van der Waals surface area contributed by atoms with E-state index in [2.05, 4.69) is 31.0 Å². The third-order valence-electron chi connectivity index (χ3n) is 3.31. The average molecular weight is 411 g/mol. The Balaban J connectivity index is 2.23. The number of halogens is 2. The molecule has 0 spiro atoms. The Morgan fingerprint density at radius 3 is 2.71 bits per heavy atom. The monoisotopic (exact) mass is 409 g/mol. The minimum Gasteiger partial charge on any atom is -0.464 e. The van der Waals surface area contributed by atoms with Gasteiger partial charge in [0, 0.05) is 36.9 Å². The van der Waals surface area contributed by atoms with Gasteiger partial charge in [0.25, 0.3) is 0 Å². The van der Waals surface area contributed by atoms with Gasteiger partial charge < -0.3 is 9.64 Å². The maximum Gasteiger partial charge on any atom is 0.356 e. The second-order valence-electron chi connectivity index (χ2n) is 5.17. The highest BCUT2D eigenvalue weighted by molar-refractivity contribution is 9.10. The molecule has 3 aromatic rings. The quantitative estimate of drug-likeness (QED) is 0.618. The molecular weight excluding hydrogens is 398 g/mol. The number of carbonyl (C=O) groups is 1. The summed E-state index contributed by atoms with van der Waals surface area (Å²) in [5, 5.41) is 4.98. The van der Waals surface area contributed by atoms with Crippen LogP contribution in [0.4, 0.5) is 5.82 Å². The molecule has 3 rings (SSSR count). The number of esters is 1. The van der Waals surface area contributed by atoms with Crippen LogP contribution in [-0.2, 0) is 4.74 Å². The SMILES string of the molecule is COC(=O)c1cc(N(C)C)n2nc(-c3ncc(Br)cc3Cl)cc2n1. The number of ether oxygens (including phenoxy) is 1. The number of carbonyl (C=O) groups excluding carboxylic acids is 1. The van der Waals surface area contributed by atoms with E-state index in [1.54, 1.807) is 28.9 Å². The van der Waals surface area contributed by atoms with Crippen LogP contribution in [-0.4, -0.2) is 46.8 Å². The van der Waals surface area contributed by atoms with Crippen molar-refractivity contribution >= 4 is 45.0 Å². The first-order valence-corrected chi connectivity index (χ1v) is 8.05. The molecule has 7 nitrogen and oxygen atoms in total. The molecule has 0 saturated carbocycles. The number of anilines is 1. The van der Waals surface area contributed by atoms with Gasteiger partial charge in [0.2, 0.25) is 0 Å². The Bertz CT molecular complexity index is 941. The number of nitrogens with zero attached hydrogens (tertiary/aromatic N) is 5. The number of methoxy groups -OCH3 is 1. The number of hydrogen-bond acceptors (Lipinski definition) is 6. The summed E-state index contributed by atoms with van der Waals surface area (Å²) in [4.78, 5) is 22.3. The summed E-state index contributed by atoms with van der Waals surface area (Å²) in [5.41, 5.74) is 1.80. The fourth-order valence-corrected chi connectivity index (χ4v) is 2.93. The van der Waals surface area contributed by atoms with Crippen molar-refractivity contribution in [2.75, 3.05) is 26.1 Å². The number of pyridine rings is 1. The molecule has 0 amide bonds. The van der Waals surface area contributed by atoms with E-state index >= 15 is 0 Å². The molecule has 0 aliphatic carbocycles. The molecule has 0 N–H and O–H groups in total. The zero-order valence-electron chi connectivity index (χ0n) is 13.1. The highest BCUT2D eigenvalue weighted by Gasteiger charge is 2.18. The molecule has 124 valence electrons. The van der Waals surface area contributed by atoms with E-state index in [-0.39, 0.29) is 5.69 Å². The van der Waals surface area contributed by atoms with E-state index in [0.29, 0.717) is 27.9 Å². The van der Waals surface area contributed by atoms with Crippen molar-refractivity contribution in [1.82, 2.24) is 19.6 Å². The largest absolute Gasteiger partial charge is 0.464 e. The summed E-state index contributed by atoms with van der Waals surface area (Å²) in [5.74, 6) is 0.169. The zero-order valence-corrected chi connectivity index (χ0v) is 15.5. The second kappa shape index (κ2) is 6.37. The van der Waals surface area contributed by atoms with Gasteiger partial charge in [-0.1, -0.05) is 11.6 Å². The Kier molecular flexibility index (Phi) is 4.42. The predicted octanol–water partition coefficient (Wildman–Crippen LogP) is 3.06. The summed E-state index contributed by atoms with van der Waals surface area (Å²) in [6, 6.07) is 5.09. The number of aromatic nitrogens is 4. The molecule has 0 aliphatic heterocycles. The fourth-order valence-electron chi connectivity index (χ4n) is 2.21. The van der Waals surface area contributed by atoms with E-state index in [0.717, 1.165) is 4.47 Å². The van der Waals surface area contributed by atoms with Crippen LogP contribution in [0.5, 0.6) is 0 Å². The van der Waals surface area contributed by atoms with Gasteiger partial charge in [-0.2, -0.15) is 9.61 Å². The zero-order chi connectivity index (χ0) is 17.4. The fraction of sp³-hybridized carbons (Fsp3) is 0.200. The van der Waals surface area contributed by atoms with Gasteiger partial charge in [0.15, 0.2) is 11.3 Å².